The number of hydrogen-bond acceptors (Lipinski definition) is 5. The van der Waals surface area contributed by atoms with E-state index in [0.29, 0.717) is 5.56 Å². The Morgan fingerprint density at radius 3 is 2.16 bits per heavy atom. The van der Waals surface area contributed by atoms with Gasteiger partial charge in [-0.1, -0.05) is 32.0 Å². The number of esters is 2. The summed E-state index contributed by atoms with van der Waals surface area (Å²) in [5, 5.41) is 2.85. The number of carbonyl (C=O) groups is 3. The van der Waals surface area contributed by atoms with Crippen LogP contribution in [0.15, 0.2) is 42.5 Å². The van der Waals surface area contributed by atoms with Crippen molar-refractivity contribution in [2.75, 3.05) is 6.61 Å². The van der Waals surface area contributed by atoms with E-state index in [1.807, 2.05) is 19.9 Å². The number of hydrogen-bond donors (Lipinski definition) is 1. The predicted octanol–water partition coefficient (Wildman–Crippen LogP) is 2.49. The van der Waals surface area contributed by atoms with Gasteiger partial charge in [0.05, 0.1) is 12.1 Å². The Morgan fingerprint density at radius 2 is 1.60 bits per heavy atom. The Morgan fingerprint density at radius 1 is 1.00 bits per heavy atom. The maximum absolute atomic E-state index is 12.2. The molecular formula is C19H25NO5. The maximum atomic E-state index is 12.2. The summed E-state index contributed by atoms with van der Waals surface area (Å²) in [5.41, 5.74) is 0.538. The second kappa shape index (κ2) is 10.3. The lowest BCUT2D eigenvalue weighted by Gasteiger charge is -2.21. The minimum atomic E-state index is -0.666. The van der Waals surface area contributed by atoms with Gasteiger partial charge in [-0.3, -0.25) is 4.79 Å². The summed E-state index contributed by atoms with van der Waals surface area (Å²) in [6.07, 6.45) is 1.78. The Kier molecular flexibility index (Phi) is 8.39. The molecule has 1 aromatic rings. The van der Waals surface area contributed by atoms with Crippen LogP contribution in [0.2, 0.25) is 0 Å². The zero-order chi connectivity index (χ0) is 18.8. The van der Waals surface area contributed by atoms with Gasteiger partial charge in [0, 0.05) is 17.7 Å². The number of amides is 1. The Labute approximate surface area is 148 Å². The zero-order valence-electron chi connectivity index (χ0n) is 15.0. The molecule has 1 rings (SSSR count). The van der Waals surface area contributed by atoms with Crippen LogP contribution in [0.25, 0.3) is 0 Å². The van der Waals surface area contributed by atoms with E-state index in [4.69, 9.17) is 9.47 Å². The van der Waals surface area contributed by atoms with E-state index >= 15 is 0 Å². The first-order valence-electron chi connectivity index (χ1n) is 8.21. The molecule has 0 aliphatic rings. The monoisotopic (exact) mass is 347 g/mol. The number of rotatable bonds is 8. The van der Waals surface area contributed by atoms with Gasteiger partial charge in [-0.15, -0.1) is 0 Å². The van der Waals surface area contributed by atoms with Gasteiger partial charge in [-0.05, 0) is 31.9 Å². The molecule has 0 aliphatic carbocycles. The maximum Gasteiger partial charge on any atom is 0.331 e. The van der Waals surface area contributed by atoms with Crippen LogP contribution < -0.4 is 5.32 Å². The van der Waals surface area contributed by atoms with Gasteiger partial charge in [0.25, 0.3) is 5.91 Å². The average molecular weight is 347 g/mol. The Bertz CT molecular complexity index is 608. The Hall–Kier alpha value is -2.63. The summed E-state index contributed by atoms with van der Waals surface area (Å²) >= 11 is 0. The van der Waals surface area contributed by atoms with Crippen molar-refractivity contribution in [2.45, 2.75) is 39.8 Å². The van der Waals surface area contributed by atoms with Crippen molar-refractivity contribution in [3.63, 3.8) is 0 Å². The number of carbonyl (C=O) groups excluding carboxylic acids is 3. The number of nitrogens with one attached hydrogen (secondary N) is 1. The van der Waals surface area contributed by atoms with Crippen LogP contribution in [0.1, 0.15) is 38.1 Å². The van der Waals surface area contributed by atoms with Gasteiger partial charge in [0.2, 0.25) is 0 Å². The van der Waals surface area contributed by atoms with Gasteiger partial charge in [0.15, 0.2) is 0 Å². The van der Waals surface area contributed by atoms with E-state index in [0.717, 1.165) is 12.2 Å². The highest BCUT2D eigenvalue weighted by Gasteiger charge is 2.18. The lowest BCUT2D eigenvalue weighted by atomic mass is 10.0. The molecule has 0 radical (unpaired) electrons. The molecule has 1 atom stereocenters. The van der Waals surface area contributed by atoms with Crippen molar-refractivity contribution in [1.82, 2.24) is 5.32 Å². The standard InChI is InChI=1S/C19H25NO5/c1-13(2)16(20-19(23)15-8-6-5-7-9-15)12-24-17(21)10-11-18(22)25-14(3)4/h5-11,13-14,16H,12H2,1-4H3,(H,20,23)/b11-10+/t16-/m0/s1. The molecule has 1 N–H and O–H groups in total. The highest BCUT2D eigenvalue weighted by atomic mass is 16.5. The van der Waals surface area contributed by atoms with Crippen LogP contribution in [0, 0.1) is 5.92 Å². The molecule has 0 bridgehead atoms. The molecule has 0 saturated heterocycles. The zero-order valence-corrected chi connectivity index (χ0v) is 15.0. The van der Waals surface area contributed by atoms with Crippen LogP contribution in [-0.2, 0) is 19.1 Å². The normalized spacial score (nSPS) is 12.2. The summed E-state index contributed by atoms with van der Waals surface area (Å²) in [5.74, 6) is -1.44. The molecule has 6 heteroatoms. The molecule has 25 heavy (non-hydrogen) atoms. The van der Waals surface area contributed by atoms with E-state index in [2.05, 4.69) is 5.32 Å². The van der Waals surface area contributed by atoms with Crippen molar-refractivity contribution >= 4 is 17.8 Å². The van der Waals surface area contributed by atoms with Crippen LogP contribution in [0.4, 0.5) is 0 Å². The molecule has 6 nitrogen and oxygen atoms in total. The predicted molar refractivity (Wildman–Crippen MR) is 93.9 cm³/mol. The number of ether oxygens (including phenoxy) is 2. The summed E-state index contributed by atoms with van der Waals surface area (Å²) in [6, 6.07) is 8.46. The molecule has 0 heterocycles. The first kappa shape index (κ1) is 20.4. The fourth-order valence-electron chi connectivity index (χ4n) is 1.87. The smallest absolute Gasteiger partial charge is 0.331 e. The van der Waals surface area contributed by atoms with Gasteiger partial charge in [-0.25, -0.2) is 9.59 Å². The highest BCUT2D eigenvalue weighted by molar-refractivity contribution is 5.94. The van der Waals surface area contributed by atoms with E-state index in [9.17, 15) is 14.4 Å². The van der Waals surface area contributed by atoms with Crippen LogP contribution in [0.3, 0.4) is 0 Å². The van der Waals surface area contributed by atoms with Gasteiger partial charge < -0.3 is 14.8 Å². The fraction of sp³-hybridized carbons (Fsp3) is 0.421. The minimum absolute atomic E-state index is 0.0125. The molecule has 0 saturated carbocycles. The van der Waals surface area contributed by atoms with E-state index in [1.54, 1.807) is 38.1 Å². The molecular weight excluding hydrogens is 322 g/mol. The number of benzene rings is 1. The van der Waals surface area contributed by atoms with Crippen LogP contribution in [-0.4, -0.2) is 36.6 Å². The van der Waals surface area contributed by atoms with Gasteiger partial charge in [-0.2, -0.15) is 0 Å². The van der Waals surface area contributed by atoms with Crippen LogP contribution in [0.5, 0.6) is 0 Å². The average Bonchev–Trinajstić information content (AvgIpc) is 2.56. The molecule has 0 aliphatic heterocycles. The van der Waals surface area contributed by atoms with E-state index in [-0.39, 0.29) is 30.6 Å². The molecule has 0 fully saturated rings. The third kappa shape index (κ3) is 8.15. The Balaban J connectivity index is 2.53. The SMILES string of the molecule is CC(C)OC(=O)/C=C/C(=O)OC[C@H](NC(=O)c1ccccc1)C(C)C. The quantitative estimate of drug-likeness (QED) is 0.577. The van der Waals surface area contributed by atoms with Crippen LogP contribution >= 0.6 is 0 Å². The summed E-state index contributed by atoms with van der Waals surface area (Å²) in [7, 11) is 0. The highest BCUT2D eigenvalue weighted by Crippen LogP contribution is 2.06. The fourth-order valence-corrected chi connectivity index (χ4v) is 1.87. The summed E-state index contributed by atoms with van der Waals surface area (Å²) in [6.45, 7) is 7.28. The van der Waals surface area contributed by atoms with Gasteiger partial charge >= 0.3 is 11.9 Å². The van der Waals surface area contributed by atoms with Crippen molar-refractivity contribution in [1.29, 1.82) is 0 Å². The molecule has 0 spiro atoms. The van der Waals surface area contributed by atoms with E-state index < -0.39 is 11.9 Å². The largest absolute Gasteiger partial charge is 0.460 e. The van der Waals surface area contributed by atoms with Crippen molar-refractivity contribution in [2.24, 2.45) is 5.92 Å². The van der Waals surface area contributed by atoms with E-state index in [1.165, 1.54) is 0 Å². The molecule has 0 aromatic heterocycles. The third-order valence-corrected chi connectivity index (χ3v) is 3.27. The van der Waals surface area contributed by atoms with Crippen molar-refractivity contribution in [3.05, 3.63) is 48.0 Å². The first-order chi connectivity index (χ1) is 11.8. The van der Waals surface area contributed by atoms with Crippen molar-refractivity contribution < 1.29 is 23.9 Å². The minimum Gasteiger partial charge on any atom is -0.460 e. The molecule has 136 valence electrons. The third-order valence-electron chi connectivity index (χ3n) is 3.27. The second-order valence-electron chi connectivity index (χ2n) is 6.14. The lowest BCUT2D eigenvalue weighted by Crippen LogP contribution is -2.42. The molecule has 1 amide bonds. The summed E-state index contributed by atoms with van der Waals surface area (Å²) < 4.78 is 9.98. The second-order valence-corrected chi connectivity index (χ2v) is 6.14. The first-order valence-corrected chi connectivity index (χ1v) is 8.21. The topological polar surface area (TPSA) is 81.7 Å². The van der Waals surface area contributed by atoms with Crippen molar-refractivity contribution in [3.8, 4) is 0 Å². The molecule has 0 unspecified atom stereocenters. The molecule has 1 aromatic carbocycles. The summed E-state index contributed by atoms with van der Waals surface area (Å²) in [4.78, 5) is 35.2. The van der Waals surface area contributed by atoms with Gasteiger partial charge in [0.1, 0.15) is 6.61 Å². The lowest BCUT2D eigenvalue weighted by molar-refractivity contribution is -0.143.